The second kappa shape index (κ2) is 7.32. The molecule has 4 heteroatoms. The minimum absolute atomic E-state index is 0.115. The van der Waals surface area contributed by atoms with Crippen LogP contribution in [-0.2, 0) is 6.54 Å². The first-order valence-corrected chi connectivity index (χ1v) is 7.47. The zero-order valence-corrected chi connectivity index (χ0v) is 14.2. The Bertz CT molecular complexity index is 452. The maximum absolute atomic E-state index is 5.67. The Labute approximate surface area is 129 Å². The molecule has 0 saturated carbocycles. The molecule has 1 aromatic carbocycles. The third-order valence-corrected chi connectivity index (χ3v) is 3.45. The van der Waals surface area contributed by atoms with E-state index in [0.717, 1.165) is 22.3 Å². The van der Waals surface area contributed by atoms with E-state index in [1.807, 2.05) is 13.0 Å². The summed E-state index contributed by atoms with van der Waals surface area (Å²) in [6.45, 7) is 9.73. The van der Waals surface area contributed by atoms with Gasteiger partial charge in [-0.3, -0.25) is 0 Å². The van der Waals surface area contributed by atoms with Crippen molar-refractivity contribution in [1.29, 1.82) is 0 Å². The van der Waals surface area contributed by atoms with Gasteiger partial charge in [-0.25, -0.2) is 0 Å². The number of nitrogens with one attached hydrogen (secondary N) is 1. The molecule has 0 amide bonds. The van der Waals surface area contributed by atoms with Crippen LogP contribution in [0.15, 0.2) is 33.8 Å². The Morgan fingerprint density at radius 3 is 2.63 bits per heavy atom. The smallest absolute Gasteiger partial charge is 0.133 e. The fourth-order valence-corrected chi connectivity index (χ4v) is 1.97. The van der Waals surface area contributed by atoms with E-state index in [2.05, 4.69) is 54.2 Å². The van der Waals surface area contributed by atoms with Crippen LogP contribution >= 0.6 is 27.5 Å². The van der Waals surface area contributed by atoms with Gasteiger partial charge >= 0.3 is 0 Å². The second-order valence-electron chi connectivity index (χ2n) is 5.61. The minimum Gasteiger partial charge on any atom is -0.488 e. The normalized spacial score (nSPS) is 12.6. The predicted molar refractivity (Wildman–Crippen MR) is 85.8 cm³/mol. The number of hydrogen-bond donors (Lipinski definition) is 1. The molecule has 19 heavy (non-hydrogen) atoms. The van der Waals surface area contributed by atoms with Crippen molar-refractivity contribution in [3.8, 4) is 5.75 Å². The van der Waals surface area contributed by atoms with E-state index in [-0.39, 0.29) is 5.54 Å². The first kappa shape index (κ1) is 16.5. The Morgan fingerprint density at radius 1 is 1.42 bits per heavy atom. The molecule has 0 aliphatic carbocycles. The number of ether oxygens (including phenoxy) is 1. The van der Waals surface area contributed by atoms with Crippen LogP contribution in [0, 0.1) is 0 Å². The highest BCUT2D eigenvalue weighted by atomic mass is 79.9. The van der Waals surface area contributed by atoms with Gasteiger partial charge < -0.3 is 10.1 Å². The van der Waals surface area contributed by atoms with Gasteiger partial charge in [0.25, 0.3) is 0 Å². The molecule has 1 aromatic rings. The van der Waals surface area contributed by atoms with E-state index in [4.69, 9.17) is 16.3 Å². The van der Waals surface area contributed by atoms with Crippen molar-refractivity contribution >= 4 is 27.5 Å². The summed E-state index contributed by atoms with van der Waals surface area (Å²) < 4.78 is 6.63. The second-order valence-corrected chi connectivity index (χ2v) is 6.69. The van der Waals surface area contributed by atoms with E-state index >= 15 is 0 Å². The van der Waals surface area contributed by atoms with E-state index in [1.165, 1.54) is 11.1 Å². The van der Waals surface area contributed by atoms with Gasteiger partial charge in [0, 0.05) is 17.6 Å². The van der Waals surface area contributed by atoms with E-state index < -0.39 is 0 Å². The molecular weight excluding hydrogens is 326 g/mol. The summed E-state index contributed by atoms with van der Waals surface area (Å²) in [6, 6.07) is 6.12. The van der Waals surface area contributed by atoms with Gasteiger partial charge in [0.05, 0.1) is 4.47 Å². The lowest BCUT2D eigenvalue weighted by molar-refractivity contribution is 0.350. The lowest BCUT2D eigenvalue weighted by Crippen LogP contribution is -2.35. The molecule has 0 heterocycles. The summed E-state index contributed by atoms with van der Waals surface area (Å²) in [5.74, 6) is 0.831. The summed E-state index contributed by atoms with van der Waals surface area (Å²) in [7, 11) is 0. The fourth-order valence-electron chi connectivity index (χ4n) is 1.36. The Hall–Kier alpha value is -0.510. The molecule has 0 atom stereocenters. The maximum Gasteiger partial charge on any atom is 0.133 e. The topological polar surface area (TPSA) is 21.3 Å². The number of hydrogen-bond acceptors (Lipinski definition) is 2. The van der Waals surface area contributed by atoms with Crippen LogP contribution in [0.2, 0.25) is 0 Å². The van der Waals surface area contributed by atoms with Crippen molar-refractivity contribution in [2.75, 3.05) is 6.61 Å². The van der Waals surface area contributed by atoms with Gasteiger partial charge in [0.1, 0.15) is 12.4 Å². The van der Waals surface area contributed by atoms with Crippen molar-refractivity contribution in [2.45, 2.75) is 39.8 Å². The average molecular weight is 347 g/mol. The summed E-state index contributed by atoms with van der Waals surface area (Å²) in [4.78, 5) is 0. The lowest BCUT2D eigenvalue weighted by atomic mass is 10.1. The first-order chi connectivity index (χ1) is 8.81. The third kappa shape index (κ3) is 6.46. The fraction of sp³-hybridized carbons (Fsp3) is 0.467. The standard InChI is InChI=1S/C15H21BrClNO/c1-11(8-17)10-19-14-6-5-12(7-13(14)16)9-18-15(2,3)4/h5-8,18H,9-10H2,1-4H3/b11-8-. The highest BCUT2D eigenvalue weighted by Gasteiger charge is 2.09. The van der Waals surface area contributed by atoms with Gasteiger partial charge in [0.15, 0.2) is 0 Å². The summed E-state index contributed by atoms with van der Waals surface area (Å²) in [5.41, 5.74) is 3.87. The molecule has 0 unspecified atom stereocenters. The molecule has 0 bridgehead atoms. The molecule has 106 valence electrons. The summed E-state index contributed by atoms with van der Waals surface area (Å²) >= 11 is 9.14. The van der Waals surface area contributed by atoms with Gasteiger partial charge in [-0.2, -0.15) is 0 Å². The van der Waals surface area contributed by atoms with E-state index in [0.29, 0.717) is 6.61 Å². The predicted octanol–water partition coefficient (Wildman–Crippen LogP) is 4.86. The van der Waals surface area contributed by atoms with Crippen molar-refractivity contribution in [3.05, 3.63) is 39.3 Å². The largest absolute Gasteiger partial charge is 0.488 e. The highest BCUT2D eigenvalue weighted by Crippen LogP contribution is 2.26. The SMILES string of the molecule is C/C(=C/Cl)COc1ccc(CNC(C)(C)C)cc1Br. The quantitative estimate of drug-likeness (QED) is 0.822. The van der Waals surface area contributed by atoms with Crippen LogP contribution in [-0.4, -0.2) is 12.1 Å². The molecule has 0 saturated heterocycles. The van der Waals surface area contributed by atoms with Crippen LogP contribution < -0.4 is 10.1 Å². The molecule has 0 fully saturated rings. The number of rotatable bonds is 5. The molecule has 0 aliphatic heterocycles. The van der Waals surface area contributed by atoms with Crippen molar-refractivity contribution in [2.24, 2.45) is 0 Å². The van der Waals surface area contributed by atoms with Gasteiger partial charge in [0.2, 0.25) is 0 Å². The summed E-state index contributed by atoms with van der Waals surface area (Å²) in [6.07, 6.45) is 0. The molecule has 1 rings (SSSR count). The summed E-state index contributed by atoms with van der Waals surface area (Å²) in [5, 5.41) is 3.46. The first-order valence-electron chi connectivity index (χ1n) is 6.24. The minimum atomic E-state index is 0.115. The highest BCUT2D eigenvalue weighted by molar-refractivity contribution is 9.10. The zero-order valence-electron chi connectivity index (χ0n) is 11.9. The average Bonchev–Trinajstić information content (AvgIpc) is 2.34. The Balaban J connectivity index is 2.64. The zero-order chi connectivity index (χ0) is 14.5. The lowest BCUT2D eigenvalue weighted by Gasteiger charge is -2.20. The monoisotopic (exact) mass is 345 g/mol. The molecule has 1 N–H and O–H groups in total. The van der Waals surface area contributed by atoms with E-state index in [1.54, 1.807) is 0 Å². The van der Waals surface area contributed by atoms with Crippen LogP contribution in [0.3, 0.4) is 0 Å². The van der Waals surface area contributed by atoms with Crippen molar-refractivity contribution in [1.82, 2.24) is 5.32 Å². The van der Waals surface area contributed by atoms with Crippen LogP contribution in [0.5, 0.6) is 5.75 Å². The molecular formula is C15H21BrClNO. The molecule has 2 nitrogen and oxygen atoms in total. The third-order valence-electron chi connectivity index (χ3n) is 2.46. The van der Waals surface area contributed by atoms with Gasteiger partial charge in [-0.1, -0.05) is 17.7 Å². The molecule has 0 spiro atoms. The van der Waals surface area contributed by atoms with Crippen LogP contribution in [0.4, 0.5) is 0 Å². The van der Waals surface area contributed by atoms with Gasteiger partial charge in [-0.05, 0) is 66.9 Å². The Morgan fingerprint density at radius 2 is 2.11 bits per heavy atom. The van der Waals surface area contributed by atoms with Crippen LogP contribution in [0.25, 0.3) is 0 Å². The maximum atomic E-state index is 5.67. The molecule has 0 aromatic heterocycles. The van der Waals surface area contributed by atoms with Crippen molar-refractivity contribution < 1.29 is 4.74 Å². The number of benzene rings is 1. The molecule has 0 radical (unpaired) electrons. The van der Waals surface area contributed by atoms with E-state index in [9.17, 15) is 0 Å². The van der Waals surface area contributed by atoms with Gasteiger partial charge in [-0.15, -0.1) is 0 Å². The Kier molecular flexibility index (Phi) is 6.37. The van der Waals surface area contributed by atoms with Crippen LogP contribution in [0.1, 0.15) is 33.3 Å². The number of halogens is 2. The molecule has 0 aliphatic rings. The van der Waals surface area contributed by atoms with Crippen molar-refractivity contribution in [3.63, 3.8) is 0 Å².